The molecule has 1 heterocycles. The second-order valence-corrected chi connectivity index (χ2v) is 8.06. The van der Waals surface area contributed by atoms with Crippen molar-refractivity contribution in [2.24, 2.45) is 5.10 Å². The molecule has 1 atom stereocenters. The summed E-state index contributed by atoms with van der Waals surface area (Å²) < 4.78 is 5.43. The Balaban J connectivity index is 1.70. The quantitative estimate of drug-likeness (QED) is 0.483. The summed E-state index contributed by atoms with van der Waals surface area (Å²) in [6, 6.07) is 20.6. The summed E-state index contributed by atoms with van der Waals surface area (Å²) >= 11 is 12.3. The van der Waals surface area contributed by atoms with Crippen LogP contribution in [0, 0.1) is 6.92 Å². The highest BCUT2D eigenvalue weighted by molar-refractivity contribution is 7.80. The molecule has 4 rings (SSSR count). The lowest BCUT2D eigenvalue weighted by Crippen LogP contribution is -2.31. The van der Waals surface area contributed by atoms with Crippen LogP contribution in [0.2, 0.25) is 5.02 Å². The minimum Gasteiger partial charge on any atom is -0.508 e. The fourth-order valence-electron chi connectivity index (χ4n) is 3.62. The fraction of sp³-hybridized carbons (Fsp3) is 0.167. The minimum absolute atomic E-state index is 0.160. The van der Waals surface area contributed by atoms with Crippen LogP contribution in [-0.2, 0) is 0 Å². The third-order valence-corrected chi connectivity index (χ3v) is 5.89. The van der Waals surface area contributed by atoms with Crippen molar-refractivity contribution in [3.05, 3.63) is 88.4 Å². The number of nitrogens with one attached hydrogen (secondary N) is 1. The van der Waals surface area contributed by atoms with E-state index in [1.807, 2.05) is 67.6 Å². The lowest BCUT2D eigenvalue weighted by atomic mass is 9.97. The Morgan fingerprint density at radius 2 is 1.90 bits per heavy atom. The van der Waals surface area contributed by atoms with E-state index in [4.69, 9.17) is 33.7 Å². The molecule has 7 heteroatoms. The predicted octanol–water partition coefficient (Wildman–Crippen LogP) is 5.91. The highest BCUT2D eigenvalue weighted by Gasteiger charge is 2.33. The molecule has 0 fully saturated rings. The van der Waals surface area contributed by atoms with Crippen LogP contribution in [0.25, 0.3) is 0 Å². The second-order valence-electron chi connectivity index (χ2n) is 7.26. The van der Waals surface area contributed by atoms with E-state index >= 15 is 0 Å². The van der Waals surface area contributed by atoms with Crippen molar-refractivity contribution in [2.45, 2.75) is 19.4 Å². The molecule has 0 bridgehead atoms. The van der Waals surface area contributed by atoms with Crippen molar-refractivity contribution in [1.29, 1.82) is 0 Å². The van der Waals surface area contributed by atoms with Crippen LogP contribution in [0.3, 0.4) is 0 Å². The second kappa shape index (κ2) is 8.96. The zero-order chi connectivity index (χ0) is 22.0. The number of anilines is 1. The number of aryl methyl sites for hydroxylation is 1. The predicted molar refractivity (Wildman–Crippen MR) is 129 cm³/mol. The number of hydrogen-bond acceptors (Lipinski definition) is 4. The number of ether oxygens (including phenoxy) is 1. The molecule has 0 saturated heterocycles. The first-order valence-corrected chi connectivity index (χ1v) is 10.6. The van der Waals surface area contributed by atoms with Crippen LogP contribution >= 0.6 is 23.8 Å². The molecule has 1 aliphatic heterocycles. The lowest BCUT2D eigenvalue weighted by Gasteiger charge is -2.26. The van der Waals surface area contributed by atoms with E-state index in [9.17, 15) is 5.11 Å². The third-order valence-electron chi connectivity index (χ3n) is 5.26. The summed E-state index contributed by atoms with van der Waals surface area (Å²) in [7, 11) is 1.62. The number of methoxy groups -OCH3 is 1. The average Bonchev–Trinajstić information content (AvgIpc) is 3.22. The molecule has 0 radical (unpaired) electrons. The molecule has 0 aromatic heterocycles. The van der Waals surface area contributed by atoms with Crippen molar-refractivity contribution in [2.75, 3.05) is 12.4 Å². The number of para-hydroxylation sites is 2. The van der Waals surface area contributed by atoms with Crippen molar-refractivity contribution in [1.82, 2.24) is 5.01 Å². The maximum Gasteiger partial charge on any atom is 0.194 e. The molecular formula is C24H22ClN3O2S. The minimum atomic E-state index is -0.160. The summed E-state index contributed by atoms with van der Waals surface area (Å²) in [6.45, 7) is 1.87. The Labute approximate surface area is 191 Å². The number of phenols is 1. The van der Waals surface area contributed by atoms with Crippen LogP contribution < -0.4 is 10.1 Å². The van der Waals surface area contributed by atoms with Gasteiger partial charge in [-0.2, -0.15) is 5.10 Å². The van der Waals surface area contributed by atoms with Gasteiger partial charge in [-0.3, -0.25) is 0 Å². The Morgan fingerprint density at radius 1 is 1.16 bits per heavy atom. The average molecular weight is 452 g/mol. The van der Waals surface area contributed by atoms with Crippen LogP contribution in [0.5, 0.6) is 11.5 Å². The maximum absolute atomic E-state index is 9.90. The lowest BCUT2D eigenvalue weighted by molar-refractivity contribution is 0.375. The Kier molecular flexibility index (Phi) is 6.11. The molecule has 0 spiro atoms. The number of rotatable bonds is 4. The van der Waals surface area contributed by atoms with Gasteiger partial charge in [-0.15, -0.1) is 0 Å². The van der Waals surface area contributed by atoms with E-state index in [0.29, 0.717) is 22.3 Å². The Bertz CT molecular complexity index is 1170. The van der Waals surface area contributed by atoms with Gasteiger partial charge in [0.25, 0.3) is 0 Å². The number of aromatic hydroxyl groups is 1. The molecule has 0 amide bonds. The summed E-state index contributed by atoms with van der Waals surface area (Å²) in [4.78, 5) is 0. The fourth-order valence-corrected chi connectivity index (χ4v) is 4.15. The van der Waals surface area contributed by atoms with Gasteiger partial charge in [0.15, 0.2) is 5.11 Å². The zero-order valence-electron chi connectivity index (χ0n) is 17.2. The normalized spacial score (nSPS) is 15.5. The van der Waals surface area contributed by atoms with Gasteiger partial charge in [0.1, 0.15) is 11.5 Å². The van der Waals surface area contributed by atoms with E-state index in [0.717, 1.165) is 28.1 Å². The largest absolute Gasteiger partial charge is 0.508 e. The maximum atomic E-state index is 9.90. The van der Waals surface area contributed by atoms with Gasteiger partial charge in [0.05, 0.1) is 24.6 Å². The van der Waals surface area contributed by atoms with Crippen LogP contribution in [-0.4, -0.2) is 28.0 Å². The van der Waals surface area contributed by atoms with Crippen molar-refractivity contribution in [3.63, 3.8) is 0 Å². The van der Waals surface area contributed by atoms with E-state index in [2.05, 4.69) is 5.32 Å². The Morgan fingerprint density at radius 3 is 2.65 bits per heavy atom. The molecule has 3 aromatic rings. The van der Waals surface area contributed by atoms with Gasteiger partial charge in [0, 0.05) is 11.4 Å². The van der Waals surface area contributed by atoms with Gasteiger partial charge in [-0.25, -0.2) is 5.01 Å². The monoisotopic (exact) mass is 451 g/mol. The third kappa shape index (κ3) is 4.36. The first-order valence-electron chi connectivity index (χ1n) is 9.83. The summed E-state index contributed by atoms with van der Waals surface area (Å²) in [5.74, 6) is 0.951. The number of nitrogens with zero attached hydrogens (tertiary/aromatic N) is 2. The first kappa shape index (κ1) is 21.2. The molecule has 2 N–H and O–H groups in total. The smallest absolute Gasteiger partial charge is 0.194 e. The van der Waals surface area contributed by atoms with Crippen LogP contribution in [0.15, 0.2) is 71.8 Å². The summed E-state index contributed by atoms with van der Waals surface area (Å²) in [5.41, 5.74) is 4.31. The molecule has 0 saturated carbocycles. The van der Waals surface area contributed by atoms with Gasteiger partial charge in [-0.1, -0.05) is 41.9 Å². The molecule has 1 aliphatic rings. The molecule has 31 heavy (non-hydrogen) atoms. The highest BCUT2D eigenvalue weighted by atomic mass is 35.5. The topological polar surface area (TPSA) is 57.1 Å². The van der Waals surface area contributed by atoms with Crippen molar-refractivity contribution >= 4 is 40.3 Å². The number of phenolic OH excluding ortho intramolecular Hbond substituents is 1. The Hall–Kier alpha value is -3.09. The van der Waals surface area contributed by atoms with Gasteiger partial charge < -0.3 is 15.2 Å². The molecule has 158 valence electrons. The molecule has 5 nitrogen and oxygen atoms in total. The first-order chi connectivity index (χ1) is 15.0. The van der Waals surface area contributed by atoms with E-state index in [1.54, 1.807) is 18.2 Å². The van der Waals surface area contributed by atoms with Crippen molar-refractivity contribution in [3.8, 4) is 11.5 Å². The molecular weight excluding hydrogens is 430 g/mol. The molecule has 3 aromatic carbocycles. The van der Waals surface area contributed by atoms with E-state index in [1.165, 1.54) is 0 Å². The molecule has 0 aliphatic carbocycles. The van der Waals surface area contributed by atoms with Crippen molar-refractivity contribution < 1.29 is 9.84 Å². The zero-order valence-corrected chi connectivity index (χ0v) is 18.7. The summed E-state index contributed by atoms with van der Waals surface area (Å²) in [6.07, 6.45) is 0.627. The van der Waals surface area contributed by atoms with E-state index in [-0.39, 0.29) is 11.8 Å². The number of thiocarbonyl (C=S) groups is 1. The summed E-state index contributed by atoms with van der Waals surface area (Å²) in [5, 5.41) is 20.9. The van der Waals surface area contributed by atoms with E-state index < -0.39 is 0 Å². The highest BCUT2D eigenvalue weighted by Crippen LogP contribution is 2.37. The van der Waals surface area contributed by atoms with Crippen LogP contribution in [0.4, 0.5) is 5.69 Å². The number of benzene rings is 3. The number of hydrogen-bond donors (Lipinski definition) is 2. The van der Waals surface area contributed by atoms with Gasteiger partial charge >= 0.3 is 0 Å². The van der Waals surface area contributed by atoms with Gasteiger partial charge in [0.2, 0.25) is 0 Å². The standard InChI is InChI=1S/C24H22ClN3O2S/c1-15-13-16(11-12-22(15)29)20-14-21(17-7-3-4-8-18(17)25)28(27-20)24(31)26-19-9-5-6-10-23(19)30-2/h3-13,21,29H,14H2,1-2H3,(H,26,31). The SMILES string of the molecule is COc1ccccc1NC(=S)N1N=C(c2ccc(O)c(C)c2)CC1c1ccccc1Cl. The molecule has 1 unspecified atom stereocenters. The van der Waals surface area contributed by atoms with Gasteiger partial charge in [-0.05, 0) is 72.2 Å². The van der Waals surface area contributed by atoms with Crippen LogP contribution in [0.1, 0.15) is 29.2 Å². The number of halogens is 1. The number of hydrazone groups is 1.